The molecule has 0 aliphatic heterocycles. The minimum absolute atomic E-state index is 0.245. The number of hydrogen-bond acceptors (Lipinski definition) is 3. The second kappa shape index (κ2) is 22.9. The molecule has 0 aromatic rings. The zero-order valence-electron chi connectivity index (χ0n) is 18.2. The number of nitrogens with zero attached hydrogens (tertiary/aromatic N) is 1. The van der Waals surface area contributed by atoms with E-state index < -0.39 is 11.9 Å². The topological polar surface area (TPSA) is 77.8 Å². The summed E-state index contributed by atoms with van der Waals surface area (Å²) >= 11 is 0. The summed E-state index contributed by atoms with van der Waals surface area (Å²) in [4.78, 5) is 22.9. The van der Waals surface area contributed by atoms with E-state index in [1.54, 1.807) is 0 Å². The SMILES string of the molecule is CCCCN(CCCC)CCCC.O=C(O)CCCCCCCCC(=O)O. The summed E-state index contributed by atoms with van der Waals surface area (Å²) in [5, 5.41) is 16.7. The van der Waals surface area contributed by atoms with Crippen LogP contribution in [0.25, 0.3) is 0 Å². The first-order chi connectivity index (χ1) is 13.0. The highest BCUT2D eigenvalue weighted by Gasteiger charge is 2.02. The van der Waals surface area contributed by atoms with Gasteiger partial charge in [-0.1, -0.05) is 65.7 Å². The van der Waals surface area contributed by atoms with Gasteiger partial charge in [-0.2, -0.15) is 0 Å². The smallest absolute Gasteiger partial charge is 0.303 e. The van der Waals surface area contributed by atoms with Crippen molar-refractivity contribution >= 4 is 11.9 Å². The molecule has 0 amide bonds. The third kappa shape index (κ3) is 27.2. The monoisotopic (exact) mass is 387 g/mol. The van der Waals surface area contributed by atoms with E-state index in [4.69, 9.17) is 10.2 Å². The molecule has 0 rings (SSSR count). The van der Waals surface area contributed by atoms with Gasteiger partial charge in [0.15, 0.2) is 0 Å². The van der Waals surface area contributed by atoms with E-state index in [1.807, 2.05) is 0 Å². The Hall–Kier alpha value is -1.10. The number of unbranched alkanes of at least 4 members (excludes halogenated alkanes) is 8. The van der Waals surface area contributed by atoms with Gasteiger partial charge in [0.2, 0.25) is 0 Å². The van der Waals surface area contributed by atoms with Crippen LogP contribution in [0.2, 0.25) is 0 Å². The zero-order valence-corrected chi connectivity index (χ0v) is 18.2. The van der Waals surface area contributed by atoms with Crippen LogP contribution in [0.5, 0.6) is 0 Å². The summed E-state index contributed by atoms with van der Waals surface area (Å²) in [5.41, 5.74) is 0. The number of rotatable bonds is 18. The molecule has 0 radical (unpaired) electrons. The van der Waals surface area contributed by atoms with Gasteiger partial charge in [0.1, 0.15) is 0 Å². The second-order valence-corrected chi connectivity index (χ2v) is 7.31. The second-order valence-electron chi connectivity index (χ2n) is 7.31. The van der Waals surface area contributed by atoms with Crippen molar-refractivity contribution in [3.05, 3.63) is 0 Å². The van der Waals surface area contributed by atoms with Crippen LogP contribution in [0.15, 0.2) is 0 Å². The van der Waals surface area contributed by atoms with Crippen molar-refractivity contribution in [2.45, 2.75) is 111 Å². The Kier molecular flexibility index (Phi) is 23.9. The normalized spacial score (nSPS) is 10.5. The van der Waals surface area contributed by atoms with Gasteiger partial charge in [0.05, 0.1) is 0 Å². The van der Waals surface area contributed by atoms with E-state index in [2.05, 4.69) is 25.7 Å². The molecular weight excluding hydrogens is 342 g/mol. The molecule has 0 spiro atoms. The minimum atomic E-state index is -0.740. The van der Waals surface area contributed by atoms with E-state index in [0.29, 0.717) is 0 Å². The van der Waals surface area contributed by atoms with Crippen LogP contribution in [0.1, 0.15) is 111 Å². The average Bonchev–Trinajstić information content (AvgIpc) is 2.63. The molecule has 27 heavy (non-hydrogen) atoms. The molecule has 162 valence electrons. The fourth-order valence-corrected chi connectivity index (χ4v) is 2.74. The van der Waals surface area contributed by atoms with Crippen LogP contribution in [-0.2, 0) is 9.59 Å². The molecule has 0 saturated heterocycles. The molecule has 0 fully saturated rings. The summed E-state index contributed by atoms with van der Waals surface area (Å²) in [6.45, 7) is 10.8. The van der Waals surface area contributed by atoms with Gasteiger partial charge >= 0.3 is 11.9 Å². The Labute approximate surface area is 167 Å². The van der Waals surface area contributed by atoms with Crippen molar-refractivity contribution < 1.29 is 19.8 Å². The fourth-order valence-electron chi connectivity index (χ4n) is 2.74. The van der Waals surface area contributed by atoms with Crippen molar-refractivity contribution in [1.29, 1.82) is 0 Å². The Bertz CT molecular complexity index is 295. The van der Waals surface area contributed by atoms with E-state index in [9.17, 15) is 9.59 Å². The number of aliphatic carboxylic acids is 2. The molecule has 5 nitrogen and oxygen atoms in total. The number of carboxylic acid groups (broad SMARTS) is 2. The van der Waals surface area contributed by atoms with Gasteiger partial charge in [0.25, 0.3) is 0 Å². The van der Waals surface area contributed by atoms with Crippen LogP contribution in [0.3, 0.4) is 0 Å². The number of hydrogen-bond donors (Lipinski definition) is 2. The third-order valence-electron chi connectivity index (χ3n) is 4.51. The summed E-state index contributed by atoms with van der Waals surface area (Å²) in [6, 6.07) is 0. The third-order valence-corrected chi connectivity index (χ3v) is 4.51. The Balaban J connectivity index is 0. The lowest BCUT2D eigenvalue weighted by molar-refractivity contribution is -0.138. The quantitative estimate of drug-likeness (QED) is 0.283. The van der Waals surface area contributed by atoms with E-state index in [0.717, 1.165) is 38.5 Å². The van der Waals surface area contributed by atoms with Gasteiger partial charge in [-0.15, -0.1) is 0 Å². The van der Waals surface area contributed by atoms with Crippen LogP contribution in [0, 0.1) is 0 Å². The maximum atomic E-state index is 10.1. The summed E-state index contributed by atoms with van der Waals surface area (Å²) in [6.07, 6.45) is 13.9. The molecule has 0 bridgehead atoms. The highest BCUT2D eigenvalue weighted by Crippen LogP contribution is 2.08. The van der Waals surface area contributed by atoms with Gasteiger partial charge in [-0.25, -0.2) is 0 Å². The first-order valence-corrected chi connectivity index (χ1v) is 11.1. The van der Waals surface area contributed by atoms with Crippen molar-refractivity contribution in [2.75, 3.05) is 19.6 Å². The van der Waals surface area contributed by atoms with Crippen molar-refractivity contribution in [1.82, 2.24) is 4.90 Å². The maximum absolute atomic E-state index is 10.1. The minimum Gasteiger partial charge on any atom is -0.481 e. The highest BCUT2D eigenvalue weighted by molar-refractivity contribution is 5.66. The van der Waals surface area contributed by atoms with E-state index in [-0.39, 0.29) is 12.8 Å². The van der Waals surface area contributed by atoms with Crippen LogP contribution >= 0.6 is 0 Å². The highest BCUT2D eigenvalue weighted by atomic mass is 16.4. The van der Waals surface area contributed by atoms with Gasteiger partial charge in [0, 0.05) is 12.8 Å². The zero-order chi connectivity index (χ0) is 20.8. The van der Waals surface area contributed by atoms with Gasteiger partial charge in [-0.3, -0.25) is 9.59 Å². The van der Waals surface area contributed by atoms with Gasteiger partial charge in [-0.05, 0) is 51.7 Å². The summed E-state index contributed by atoms with van der Waals surface area (Å²) in [5.74, 6) is -1.48. The molecule has 0 atom stereocenters. The summed E-state index contributed by atoms with van der Waals surface area (Å²) in [7, 11) is 0. The molecule has 0 aliphatic rings. The molecule has 0 heterocycles. The Morgan fingerprint density at radius 1 is 0.556 bits per heavy atom. The predicted octanol–water partition coefficient (Wildman–Crippen LogP) is 5.97. The van der Waals surface area contributed by atoms with Crippen molar-refractivity contribution in [3.63, 3.8) is 0 Å². The van der Waals surface area contributed by atoms with Crippen LogP contribution in [0.4, 0.5) is 0 Å². The molecule has 0 saturated carbocycles. The lowest BCUT2D eigenvalue weighted by atomic mass is 10.1. The Morgan fingerprint density at radius 3 is 1.11 bits per heavy atom. The largest absolute Gasteiger partial charge is 0.481 e. The molecule has 0 aliphatic carbocycles. The molecular formula is C22H45NO4. The van der Waals surface area contributed by atoms with Crippen molar-refractivity contribution in [3.8, 4) is 0 Å². The van der Waals surface area contributed by atoms with E-state index >= 15 is 0 Å². The lowest BCUT2D eigenvalue weighted by Crippen LogP contribution is -2.27. The fraction of sp³-hybridized carbons (Fsp3) is 0.909. The average molecular weight is 388 g/mol. The molecule has 0 unspecified atom stereocenters. The van der Waals surface area contributed by atoms with Crippen LogP contribution in [-0.4, -0.2) is 46.7 Å². The maximum Gasteiger partial charge on any atom is 0.303 e. The standard InChI is InChI=1S/C12H27N.C10H18O4/c1-4-7-10-13(11-8-5-2)12-9-6-3;11-9(12)7-5-3-1-2-4-6-8-10(13)14/h4-12H2,1-3H3;1-8H2,(H,11,12)(H,13,14). The van der Waals surface area contributed by atoms with Crippen LogP contribution < -0.4 is 0 Å². The first kappa shape index (κ1) is 28.1. The number of carbonyl (C=O) groups is 2. The van der Waals surface area contributed by atoms with E-state index in [1.165, 1.54) is 58.2 Å². The Morgan fingerprint density at radius 2 is 0.852 bits per heavy atom. The lowest BCUT2D eigenvalue weighted by Gasteiger charge is -2.21. The molecule has 0 aromatic heterocycles. The predicted molar refractivity (Wildman–Crippen MR) is 113 cm³/mol. The molecule has 2 N–H and O–H groups in total. The summed E-state index contributed by atoms with van der Waals surface area (Å²) < 4.78 is 0. The van der Waals surface area contributed by atoms with Gasteiger partial charge < -0.3 is 15.1 Å². The number of carboxylic acids is 2. The molecule has 5 heteroatoms. The first-order valence-electron chi connectivity index (χ1n) is 11.1. The van der Waals surface area contributed by atoms with Crippen molar-refractivity contribution in [2.24, 2.45) is 0 Å². The molecule has 0 aromatic carbocycles.